The molecule has 2 aliphatic carbocycles. The van der Waals surface area contributed by atoms with Gasteiger partial charge in [0.1, 0.15) is 6.61 Å². The van der Waals surface area contributed by atoms with Gasteiger partial charge < -0.3 is 9.47 Å². The van der Waals surface area contributed by atoms with Crippen molar-refractivity contribution in [1.82, 2.24) is 0 Å². The minimum absolute atomic E-state index is 0.0949. The van der Waals surface area contributed by atoms with Crippen LogP contribution >= 0.6 is 0 Å². The lowest BCUT2D eigenvalue weighted by atomic mass is 9.86. The first-order chi connectivity index (χ1) is 8.29. The van der Waals surface area contributed by atoms with Crippen LogP contribution in [0.4, 0.5) is 0 Å². The second kappa shape index (κ2) is 6.20. The number of hydrogen-bond acceptors (Lipinski definition) is 3. The first-order valence-electron chi connectivity index (χ1n) is 6.59. The zero-order chi connectivity index (χ0) is 12.1. The highest BCUT2D eigenvalue weighted by molar-refractivity contribution is 5.70. The molecular formula is C14H22O3. The topological polar surface area (TPSA) is 35.5 Å². The van der Waals surface area contributed by atoms with Gasteiger partial charge in [-0.1, -0.05) is 12.2 Å². The van der Waals surface area contributed by atoms with E-state index in [0.29, 0.717) is 6.61 Å². The molecule has 2 aliphatic rings. The number of methoxy groups -OCH3 is 1. The van der Waals surface area contributed by atoms with Crippen LogP contribution in [0.25, 0.3) is 0 Å². The Morgan fingerprint density at radius 1 is 1.24 bits per heavy atom. The van der Waals surface area contributed by atoms with Gasteiger partial charge in [-0.2, -0.15) is 0 Å². The Bertz CT molecular complexity index is 269. The van der Waals surface area contributed by atoms with Gasteiger partial charge in [0.05, 0.1) is 7.11 Å². The molecule has 3 heteroatoms. The highest BCUT2D eigenvalue weighted by Gasteiger charge is 2.33. The quantitative estimate of drug-likeness (QED) is 0.419. The number of carbonyl (C=O) groups excluding carboxylic acids is 1. The fourth-order valence-electron chi connectivity index (χ4n) is 3.16. The molecule has 0 saturated heterocycles. The molecule has 1 unspecified atom stereocenters. The van der Waals surface area contributed by atoms with E-state index < -0.39 is 0 Å². The summed E-state index contributed by atoms with van der Waals surface area (Å²) >= 11 is 0. The number of esters is 1. The molecule has 0 N–H and O–H groups in total. The van der Waals surface area contributed by atoms with Crippen molar-refractivity contribution < 1.29 is 14.3 Å². The lowest BCUT2D eigenvalue weighted by Gasteiger charge is -2.19. The fraction of sp³-hybridized carbons (Fsp3) is 0.786. The van der Waals surface area contributed by atoms with Gasteiger partial charge in [0.2, 0.25) is 0 Å². The Morgan fingerprint density at radius 2 is 1.88 bits per heavy atom. The highest BCUT2D eigenvalue weighted by Crippen LogP contribution is 2.43. The average Bonchev–Trinajstić information content (AvgIpc) is 2.76. The van der Waals surface area contributed by atoms with Crippen LogP contribution in [0.3, 0.4) is 0 Å². The van der Waals surface area contributed by atoms with E-state index >= 15 is 0 Å². The van der Waals surface area contributed by atoms with Crippen molar-refractivity contribution >= 4 is 5.97 Å². The van der Waals surface area contributed by atoms with Gasteiger partial charge in [0, 0.05) is 6.61 Å². The van der Waals surface area contributed by atoms with E-state index in [9.17, 15) is 4.79 Å². The fourth-order valence-corrected chi connectivity index (χ4v) is 3.16. The van der Waals surface area contributed by atoms with Gasteiger partial charge in [-0.25, -0.2) is 4.79 Å². The summed E-state index contributed by atoms with van der Waals surface area (Å²) in [6, 6.07) is 0. The molecule has 1 saturated carbocycles. The van der Waals surface area contributed by atoms with Crippen molar-refractivity contribution in [2.45, 2.75) is 32.1 Å². The first-order valence-corrected chi connectivity index (χ1v) is 6.59. The molecule has 0 aromatic heterocycles. The molecule has 96 valence electrons. The maximum Gasteiger partial charge on any atom is 0.331 e. The smallest absolute Gasteiger partial charge is 0.331 e. The third kappa shape index (κ3) is 3.56. The summed E-state index contributed by atoms with van der Waals surface area (Å²) in [6.07, 6.45) is 11.0. The molecule has 0 spiro atoms. The SMILES string of the molecule is COC(=O)COCCC1C[C@H]2CC=CC[C@H]2C1. The van der Waals surface area contributed by atoms with Crippen LogP contribution < -0.4 is 0 Å². The standard InChI is InChI=1S/C14H22O3/c1-16-14(15)10-17-7-6-11-8-12-4-2-3-5-13(12)9-11/h2-3,11-13H,4-10H2,1H3/t11?,12-,13+. The number of hydrogen-bond donors (Lipinski definition) is 0. The summed E-state index contributed by atoms with van der Waals surface area (Å²) in [5.74, 6) is 2.33. The Morgan fingerprint density at radius 3 is 2.47 bits per heavy atom. The number of fused-ring (bicyclic) bond motifs is 1. The van der Waals surface area contributed by atoms with Crippen molar-refractivity contribution in [3.05, 3.63) is 12.2 Å². The summed E-state index contributed by atoms with van der Waals surface area (Å²) in [5.41, 5.74) is 0. The third-order valence-corrected chi connectivity index (χ3v) is 4.10. The largest absolute Gasteiger partial charge is 0.467 e. The van der Waals surface area contributed by atoms with Gasteiger partial charge in [-0.05, 0) is 49.9 Å². The second-order valence-corrected chi connectivity index (χ2v) is 5.22. The van der Waals surface area contributed by atoms with Gasteiger partial charge in [-0.15, -0.1) is 0 Å². The third-order valence-electron chi connectivity index (χ3n) is 4.10. The van der Waals surface area contributed by atoms with E-state index in [1.165, 1.54) is 32.8 Å². The summed E-state index contributed by atoms with van der Waals surface area (Å²) in [4.78, 5) is 10.9. The van der Waals surface area contributed by atoms with Gasteiger partial charge >= 0.3 is 5.97 Å². The van der Waals surface area contributed by atoms with E-state index in [4.69, 9.17) is 4.74 Å². The lowest BCUT2D eigenvalue weighted by Crippen LogP contribution is -2.12. The molecule has 0 aliphatic heterocycles. The van der Waals surface area contributed by atoms with E-state index in [1.807, 2.05) is 0 Å². The van der Waals surface area contributed by atoms with Crippen molar-refractivity contribution in [3.63, 3.8) is 0 Å². The molecule has 0 bridgehead atoms. The minimum Gasteiger partial charge on any atom is -0.467 e. The van der Waals surface area contributed by atoms with Gasteiger partial charge in [-0.3, -0.25) is 0 Å². The van der Waals surface area contributed by atoms with E-state index in [1.54, 1.807) is 0 Å². The zero-order valence-corrected chi connectivity index (χ0v) is 10.6. The van der Waals surface area contributed by atoms with E-state index in [0.717, 1.165) is 24.2 Å². The molecule has 2 rings (SSSR count). The van der Waals surface area contributed by atoms with Crippen LogP contribution in [0.2, 0.25) is 0 Å². The van der Waals surface area contributed by atoms with Crippen LogP contribution in [0.1, 0.15) is 32.1 Å². The second-order valence-electron chi connectivity index (χ2n) is 5.22. The van der Waals surface area contributed by atoms with Crippen molar-refractivity contribution in [2.75, 3.05) is 20.3 Å². The molecule has 0 aromatic rings. The molecular weight excluding hydrogens is 216 g/mol. The average molecular weight is 238 g/mol. The first kappa shape index (κ1) is 12.6. The molecule has 0 heterocycles. The van der Waals surface area contributed by atoms with Gasteiger partial charge in [0.15, 0.2) is 0 Å². The Labute approximate surface area is 103 Å². The predicted molar refractivity (Wildman–Crippen MR) is 65.5 cm³/mol. The van der Waals surface area contributed by atoms with Crippen LogP contribution in [0.15, 0.2) is 12.2 Å². The lowest BCUT2D eigenvalue weighted by molar-refractivity contribution is -0.146. The van der Waals surface area contributed by atoms with Crippen molar-refractivity contribution in [1.29, 1.82) is 0 Å². The molecule has 17 heavy (non-hydrogen) atoms. The Balaban J connectivity index is 1.60. The molecule has 3 atom stereocenters. The number of ether oxygens (including phenoxy) is 2. The molecule has 0 amide bonds. The predicted octanol–water partition coefficient (Wildman–Crippen LogP) is 2.56. The van der Waals surface area contributed by atoms with Crippen LogP contribution in [-0.4, -0.2) is 26.3 Å². The number of allylic oxidation sites excluding steroid dienone is 2. The monoisotopic (exact) mass is 238 g/mol. The molecule has 0 aromatic carbocycles. The normalized spacial score (nSPS) is 31.2. The molecule has 3 nitrogen and oxygen atoms in total. The minimum atomic E-state index is -0.283. The Hall–Kier alpha value is -0.830. The van der Waals surface area contributed by atoms with Crippen LogP contribution in [0, 0.1) is 17.8 Å². The van der Waals surface area contributed by atoms with E-state index in [2.05, 4.69) is 16.9 Å². The summed E-state index contributed by atoms with van der Waals surface area (Å²) < 4.78 is 9.84. The van der Waals surface area contributed by atoms with Crippen LogP contribution in [-0.2, 0) is 14.3 Å². The van der Waals surface area contributed by atoms with E-state index in [-0.39, 0.29) is 12.6 Å². The molecule has 0 radical (unpaired) electrons. The summed E-state index contributed by atoms with van der Waals surface area (Å²) in [7, 11) is 1.39. The van der Waals surface area contributed by atoms with Crippen molar-refractivity contribution in [2.24, 2.45) is 17.8 Å². The summed E-state index contributed by atoms with van der Waals surface area (Å²) in [6.45, 7) is 0.782. The molecule has 1 fully saturated rings. The number of carbonyl (C=O) groups is 1. The van der Waals surface area contributed by atoms with Gasteiger partial charge in [0.25, 0.3) is 0 Å². The summed E-state index contributed by atoms with van der Waals surface area (Å²) in [5, 5.41) is 0. The maximum absolute atomic E-state index is 10.9. The number of rotatable bonds is 5. The van der Waals surface area contributed by atoms with Crippen molar-refractivity contribution in [3.8, 4) is 0 Å². The zero-order valence-electron chi connectivity index (χ0n) is 10.6. The Kier molecular flexibility index (Phi) is 4.60. The maximum atomic E-state index is 10.9. The highest BCUT2D eigenvalue weighted by atomic mass is 16.6. The van der Waals surface area contributed by atoms with Crippen LogP contribution in [0.5, 0.6) is 0 Å².